The Balaban J connectivity index is 1.60. The van der Waals surface area contributed by atoms with Crippen molar-refractivity contribution in [1.29, 1.82) is 0 Å². The van der Waals surface area contributed by atoms with Gasteiger partial charge in [-0.15, -0.1) is 0 Å². The van der Waals surface area contributed by atoms with Crippen LogP contribution in [0.3, 0.4) is 0 Å². The maximum absolute atomic E-state index is 12.6. The Morgan fingerprint density at radius 3 is 2.38 bits per heavy atom. The second kappa shape index (κ2) is 11.5. The van der Waals surface area contributed by atoms with Crippen molar-refractivity contribution >= 4 is 32.8 Å². The summed E-state index contributed by atoms with van der Waals surface area (Å²) < 4.78 is 59.5. The summed E-state index contributed by atoms with van der Waals surface area (Å²) >= 11 is -2.32. The lowest BCUT2D eigenvalue weighted by molar-refractivity contribution is -0.157. The number of hydrogen-bond acceptors (Lipinski definition) is 6. The van der Waals surface area contributed by atoms with Crippen molar-refractivity contribution in [3.8, 4) is 16.9 Å². The highest BCUT2D eigenvalue weighted by Gasteiger charge is 2.31. The molecule has 4 rings (SSSR count). The van der Waals surface area contributed by atoms with E-state index in [2.05, 4.69) is 0 Å². The molecule has 1 N–H and O–H groups in total. The van der Waals surface area contributed by atoms with Gasteiger partial charge in [-0.05, 0) is 92.6 Å². The van der Waals surface area contributed by atoms with E-state index < -0.39 is 32.7 Å². The SMILES string of the molecule is CC(C)(C)OC(=O)COc1cccc2c1CCCC2N(c1ccc(-c2cccc(S(C)(=O)=O)c2)cc1)S(=O)O. The van der Waals surface area contributed by atoms with Gasteiger partial charge in [-0.1, -0.05) is 36.4 Å². The Morgan fingerprint density at radius 1 is 1.05 bits per heavy atom. The normalized spacial score (nSPS) is 16.2. The number of rotatable bonds is 8. The molecule has 3 aromatic carbocycles. The van der Waals surface area contributed by atoms with E-state index in [1.165, 1.54) is 10.6 Å². The lowest BCUT2D eigenvalue weighted by atomic mass is 9.87. The number of fused-ring (bicyclic) bond motifs is 1. The smallest absolute Gasteiger partial charge is 0.344 e. The van der Waals surface area contributed by atoms with E-state index >= 15 is 0 Å². The van der Waals surface area contributed by atoms with Gasteiger partial charge >= 0.3 is 5.97 Å². The first-order valence-corrected chi connectivity index (χ1v) is 15.6. The number of anilines is 1. The Labute approximate surface area is 232 Å². The molecule has 0 radical (unpaired) electrons. The van der Waals surface area contributed by atoms with Crippen molar-refractivity contribution in [2.75, 3.05) is 17.2 Å². The molecule has 0 bridgehead atoms. The summed E-state index contributed by atoms with van der Waals surface area (Å²) in [5.74, 6) is 0.0977. The molecule has 208 valence electrons. The van der Waals surface area contributed by atoms with E-state index in [0.29, 0.717) is 17.9 Å². The summed E-state index contributed by atoms with van der Waals surface area (Å²) in [4.78, 5) is 12.4. The number of esters is 1. The summed E-state index contributed by atoms with van der Waals surface area (Å²) in [6.07, 6.45) is 3.32. The number of carbonyl (C=O) groups is 1. The topological polar surface area (TPSA) is 110 Å². The quantitative estimate of drug-likeness (QED) is 0.281. The third-order valence-electron chi connectivity index (χ3n) is 6.37. The number of ether oxygens (including phenoxy) is 2. The van der Waals surface area contributed by atoms with Gasteiger partial charge in [-0.2, -0.15) is 0 Å². The molecule has 0 aliphatic heterocycles. The van der Waals surface area contributed by atoms with Crippen LogP contribution < -0.4 is 9.04 Å². The van der Waals surface area contributed by atoms with Gasteiger partial charge < -0.3 is 9.47 Å². The largest absolute Gasteiger partial charge is 0.482 e. The molecule has 0 spiro atoms. The first-order valence-electron chi connectivity index (χ1n) is 12.6. The second-order valence-corrected chi connectivity index (χ2v) is 13.4. The van der Waals surface area contributed by atoms with Crippen molar-refractivity contribution in [2.24, 2.45) is 0 Å². The van der Waals surface area contributed by atoms with Crippen molar-refractivity contribution < 1.29 is 31.4 Å². The average molecular weight is 572 g/mol. The van der Waals surface area contributed by atoms with Gasteiger partial charge in [0.1, 0.15) is 11.4 Å². The molecule has 0 amide bonds. The molecule has 1 aliphatic rings. The van der Waals surface area contributed by atoms with Crippen LogP contribution in [0.4, 0.5) is 5.69 Å². The third kappa shape index (κ3) is 7.06. The first kappa shape index (κ1) is 28.8. The molecule has 2 unspecified atom stereocenters. The van der Waals surface area contributed by atoms with Crippen LogP contribution in [-0.2, 0) is 37.1 Å². The Kier molecular flexibility index (Phi) is 8.48. The molecule has 0 heterocycles. The van der Waals surface area contributed by atoms with E-state index in [9.17, 15) is 22.0 Å². The molecule has 1 aliphatic carbocycles. The van der Waals surface area contributed by atoms with Crippen LogP contribution in [0.5, 0.6) is 5.75 Å². The van der Waals surface area contributed by atoms with Crippen molar-refractivity contribution in [1.82, 2.24) is 0 Å². The van der Waals surface area contributed by atoms with Crippen LogP contribution in [0.1, 0.15) is 50.8 Å². The van der Waals surface area contributed by atoms with Crippen LogP contribution >= 0.6 is 0 Å². The Hall–Kier alpha value is -3.21. The second-order valence-electron chi connectivity index (χ2n) is 10.5. The molecule has 39 heavy (non-hydrogen) atoms. The van der Waals surface area contributed by atoms with Gasteiger partial charge in [0.25, 0.3) is 11.3 Å². The molecule has 0 saturated heterocycles. The fourth-order valence-corrected chi connectivity index (χ4v) is 6.17. The minimum atomic E-state index is -3.35. The van der Waals surface area contributed by atoms with Crippen LogP contribution in [0.15, 0.2) is 71.6 Å². The van der Waals surface area contributed by atoms with Gasteiger partial charge in [0.2, 0.25) is 0 Å². The maximum Gasteiger partial charge on any atom is 0.344 e. The molecule has 2 atom stereocenters. The van der Waals surface area contributed by atoms with Gasteiger partial charge in [0, 0.05) is 6.26 Å². The molecule has 0 fully saturated rings. The van der Waals surface area contributed by atoms with Gasteiger partial charge in [-0.3, -0.25) is 8.86 Å². The highest BCUT2D eigenvalue weighted by Crippen LogP contribution is 2.41. The zero-order valence-corrected chi connectivity index (χ0v) is 24.1. The lowest BCUT2D eigenvalue weighted by Crippen LogP contribution is -2.33. The molecule has 3 aromatic rings. The van der Waals surface area contributed by atoms with E-state index in [4.69, 9.17) is 9.47 Å². The molecular formula is C29H33NO7S2. The lowest BCUT2D eigenvalue weighted by Gasteiger charge is -2.35. The third-order valence-corrected chi connectivity index (χ3v) is 8.28. The number of carbonyl (C=O) groups excluding carboxylic acids is 1. The zero-order valence-electron chi connectivity index (χ0n) is 22.4. The molecule has 10 heteroatoms. The minimum absolute atomic E-state index is 0.226. The number of benzene rings is 3. The van der Waals surface area contributed by atoms with Gasteiger partial charge in [-0.25, -0.2) is 17.4 Å². The molecular weight excluding hydrogens is 538 g/mol. The van der Waals surface area contributed by atoms with Crippen LogP contribution in [0.2, 0.25) is 0 Å². The Morgan fingerprint density at radius 2 is 1.74 bits per heavy atom. The predicted octanol–water partition coefficient (Wildman–Crippen LogP) is 5.50. The first-order chi connectivity index (χ1) is 18.3. The van der Waals surface area contributed by atoms with Gasteiger partial charge in [0.15, 0.2) is 16.4 Å². The average Bonchev–Trinajstić information content (AvgIpc) is 2.86. The summed E-state index contributed by atoms with van der Waals surface area (Å²) in [6.45, 7) is 5.16. The highest BCUT2D eigenvalue weighted by molar-refractivity contribution is 7.90. The van der Waals surface area contributed by atoms with Crippen molar-refractivity contribution in [3.05, 3.63) is 77.9 Å². The number of sulfone groups is 1. The predicted molar refractivity (Wildman–Crippen MR) is 152 cm³/mol. The minimum Gasteiger partial charge on any atom is -0.482 e. The van der Waals surface area contributed by atoms with Crippen molar-refractivity contribution in [2.45, 2.75) is 56.6 Å². The monoisotopic (exact) mass is 571 g/mol. The maximum atomic E-state index is 12.6. The molecule has 0 saturated carbocycles. The van der Waals surface area contributed by atoms with E-state index in [1.807, 2.05) is 18.2 Å². The fourth-order valence-electron chi connectivity index (χ4n) is 4.76. The number of nitrogens with zero attached hydrogens (tertiary/aromatic N) is 1. The summed E-state index contributed by atoms with van der Waals surface area (Å²) in [5.41, 5.74) is 3.24. The zero-order chi connectivity index (χ0) is 28.4. The van der Waals surface area contributed by atoms with E-state index in [1.54, 1.807) is 69.3 Å². The molecule has 8 nitrogen and oxygen atoms in total. The summed E-state index contributed by atoms with van der Waals surface area (Å²) in [6, 6.07) is 19.0. The van der Waals surface area contributed by atoms with E-state index in [-0.39, 0.29) is 17.5 Å². The van der Waals surface area contributed by atoms with Crippen LogP contribution in [0, 0.1) is 0 Å². The van der Waals surface area contributed by atoms with E-state index in [0.717, 1.165) is 35.1 Å². The van der Waals surface area contributed by atoms with Crippen molar-refractivity contribution in [3.63, 3.8) is 0 Å². The summed E-state index contributed by atoms with van der Waals surface area (Å²) in [5, 5.41) is 0. The van der Waals surface area contributed by atoms with Gasteiger partial charge in [0.05, 0.1) is 16.6 Å². The van der Waals surface area contributed by atoms with Crippen LogP contribution in [0.25, 0.3) is 11.1 Å². The highest BCUT2D eigenvalue weighted by atomic mass is 32.2. The molecule has 0 aromatic heterocycles. The standard InChI is InChI=1S/C29H33NO7S2/c1-29(2,3)37-28(31)19-36-27-13-7-10-24-25(27)11-6-12-26(24)30(38(32)33)22-16-14-20(15-17-22)21-8-5-9-23(18-21)39(4,34)35/h5,7-10,13-18,26H,6,11-12,19H2,1-4H3,(H,32,33). The fraction of sp³-hybridized carbons (Fsp3) is 0.345. The van der Waals surface area contributed by atoms with Crippen LogP contribution in [-0.4, -0.2) is 41.6 Å². The number of hydrogen-bond donors (Lipinski definition) is 1. The summed E-state index contributed by atoms with van der Waals surface area (Å²) in [7, 11) is -3.35. The Bertz CT molecular complexity index is 1480.